The Morgan fingerprint density at radius 2 is 2.00 bits per heavy atom. The van der Waals surface area contributed by atoms with Crippen molar-refractivity contribution in [2.45, 2.75) is 64.0 Å². The number of carbonyl (C=O) groups excluding carboxylic acids is 1. The highest BCUT2D eigenvalue weighted by molar-refractivity contribution is 5.76. The molecule has 1 atom stereocenters. The molecule has 0 bridgehead atoms. The van der Waals surface area contributed by atoms with Gasteiger partial charge in [-0.3, -0.25) is 4.79 Å². The molecule has 0 radical (unpaired) electrons. The summed E-state index contributed by atoms with van der Waals surface area (Å²) < 4.78 is 0. The number of nitrogens with zero attached hydrogens (tertiary/aromatic N) is 1. The standard InChI is InChI=1S/C14H28N2O2/c1-12(17)8-10-16(2)11-9-14(18)15-13-6-4-3-5-7-13/h12-13,17H,3-11H2,1-2H3,(H,15,18). The molecule has 18 heavy (non-hydrogen) atoms. The minimum atomic E-state index is -0.261. The highest BCUT2D eigenvalue weighted by Gasteiger charge is 2.15. The van der Waals surface area contributed by atoms with Crippen LogP contribution in [-0.4, -0.2) is 48.2 Å². The number of aliphatic hydroxyl groups is 1. The van der Waals surface area contributed by atoms with Crippen LogP contribution >= 0.6 is 0 Å². The monoisotopic (exact) mass is 256 g/mol. The first-order valence-electron chi connectivity index (χ1n) is 7.24. The van der Waals surface area contributed by atoms with Crippen LogP contribution in [0.4, 0.5) is 0 Å². The van der Waals surface area contributed by atoms with E-state index >= 15 is 0 Å². The Hall–Kier alpha value is -0.610. The molecule has 1 fully saturated rings. The zero-order valence-corrected chi connectivity index (χ0v) is 11.8. The molecule has 0 aromatic carbocycles. The largest absolute Gasteiger partial charge is 0.393 e. The SMILES string of the molecule is CC(O)CCN(C)CCC(=O)NC1CCCCC1. The van der Waals surface area contributed by atoms with Crippen molar-refractivity contribution in [2.75, 3.05) is 20.1 Å². The van der Waals surface area contributed by atoms with Crippen LogP contribution < -0.4 is 5.32 Å². The van der Waals surface area contributed by atoms with E-state index in [0.717, 1.165) is 32.4 Å². The Kier molecular flexibility index (Phi) is 7.28. The number of hydrogen-bond donors (Lipinski definition) is 2. The molecule has 0 aromatic heterocycles. The van der Waals surface area contributed by atoms with Gasteiger partial charge in [-0.1, -0.05) is 19.3 Å². The van der Waals surface area contributed by atoms with E-state index in [0.29, 0.717) is 12.5 Å². The molecule has 4 heteroatoms. The lowest BCUT2D eigenvalue weighted by atomic mass is 9.95. The van der Waals surface area contributed by atoms with Gasteiger partial charge in [-0.25, -0.2) is 0 Å². The molecule has 1 aliphatic carbocycles. The smallest absolute Gasteiger partial charge is 0.221 e. The van der Waals surface area contributed by atoms with E-state index in [9.17, 15) is 9.90 Å². The fraction of sp³-hybridized carbons (Fsp3) is 0.929. The summed E-state index contributed by atoms with van der Waals surface area (Å²) in [7, 11) is 2.00. The van der Waals surface area contributed by atoms with Crippen molar-refractivity contribution in [3.63, 3.8) is 0 Å². The van der Waals surface area contributed by atoms with E-state index in [4.69, 9.17) is 0 Å². The summed E-state index contributed by atoms with van der Waals surface area (Å²) in [5, 5.41) is 12.3. The average Bonchev–Trinajstić information content (AvgIpc) is 2.35. The van der Waals surface area contributed by atoms with E-state index in [1.165, 1.54) is 19.3 Å². The van der Waals surface area contributed by atoms with Gasteiger partial charge in [0.25, 0.3) is 0 Å². The minimum absolute atomic E-state index is 0.172. The summed E-state index contributed by atoms with van der Waals surface area (Å²) >= 11 is 0. The number of rotatable bonds is 7. The molecule has 4 nitrogen and oxygen atoms in total. The van der Waals surface area contributed by atoms with E-state index in [2.05, 4.69) is 10.2 Å². The summed E-state index contributed by atoms with van der Waals surface area (Å²) in [6.45, 7) is 3.41. The number of amides is 1. The molecule has 0 aromatic rings. The van der Waals surface area contributed by atoms with Crippen LogP contribution in [0.3, 0.4) is 0 Å². The molecule has 1 unspecified atom stereocenters. The van der Waals surface area contributed by atoms with E-state index in [1.807, 2.05) is 7.05 Å². The van der Waals surface area contributed by atoms with Crippen molar-refractivity contribution >= 4 is 5.91 Å². The van der Waals surface area contributed by atoms with Gasteiger partial charge in [0.05, 0.1) is 6.10 Å². The van der Waals surface area contributed by atoms with Crippen LogP contribution in [0.1, 0.15) is 51.9 Å². The predicted molar refractivity (Wildman–Crippen MR) is 73.4 cm³/mol. The topological polar surface area (TPSA) is 52.6 Å². The van der Waals surface area contributed by atoms with Gasteiger partial charge in [-0.05, 0) is 33.2 Å². The molecular weight excluding hydrogens is 228 g/mol. The van der Waals surface area contributed by atoms with Crippen LogP contribution in [0.15, 0.2) is 0 Å². The quantitative estimate of drug-likeness (QED) is 0.726. The maximum absolute atomic E-state index is 11.8. The lowest BCUT2D eigenvalue weighted by Crippen LogP contribution is -2.38. The van der Waals surface area contributed by atoms with E-state index in [1.54, 1.807) is 6.92 Å². The van der Waals surface area contributed by atoms with Crippen molar-refractivity contribution in [3.8, 4) is 0 Å². The zero-order chi connectivity index (χ0) is 13.4. The maximum atomic E-state index is 11.8. The lowest BCUT2D eigenvalue weighted by Gasteiger charge is -2.23. The van der Waals surface area contributed by atoms with Gasteiger partial charge in [0.2, 0.25) is 5.91 Å². The van der Waals surface area contributed by atoms with Crippen molar-refractivity contribution < 1.29 is 9.90 Å². The third-order valence-corrected chi connectivity index (χ3v) is 3.62. The highest BCUT2D eigenvalue weighted by atomic mass is 16.3. The predicted octanol–water partition coefficient (Wildman–Crippen LogP) is 1.53. The highest BCUT2D eigenvalue weighted by Crippen LogP contribution is 2.17. The van der Waals surface area contributed by atoms with Gasteiger partial charge in [0.1, 0.15) is 0 Å². The molecule has 2 N–H and O–H groups in total. The van der Waals surface area contributed by atoms with Crippen molar-refractivity contribution in [1.82, 2.24) is 10.2 Å². The molecule has 0 saturated heterocycles. The molecule has 1 saturated carbocycles. The molecule has 106 valence electrons. The molecule has 0 spiro atoms. The number of carbonyl (C=O) groups is 1. The Morgan fingerprint density at radius 1 is 1.33 bits per heavy atom. The van der Waals surface area contributed by atoms with Gasteiger partial charge >= 0.3 is 0 Å². The third kappa shape index (κ3) is 6.97. The Balaban J connectivity index is 2.08. The van der Waals surface area contributed by atoms with Gasteiger partial charge in [-0.15, -0.1) is 0 Å². The summed E-state index contributed by atoms with van der Waals surface area (Å²) in [4.78, 5) is 13.9. The van der Waals surface area contributed by atoms with Crippen molar-refractivity contribution in [1.29, 1.82) is 0 Å². The molecule has 1 rings (SSSR count). The van der Waals surface area contributed by atoms with E-state index < -0.39 is 0 Å². The van der Waals surface area contributed by atoms with Crippen LogP contribution in [0, 0.1) is 0 Å². The fourth-order valence-electron chi connectivity index (χ4n) is 2.36. The first-order valence-corrected chi connectivity index (χ1v) is 7.24. The first-order chi connectivity index (χ1) is 8.58. The number of aliphatic hydroxyl groups excluding tert-OH is 1. The summed E-state index contributed by atoms with van der Waals surface area (Å²) in [5.74, 6) is 0.172. The second-order valence-corrected chi connectivity index (χ2v) is 5.59. The molecule has 0 aliphatic heterocycles. The molecule has 0 heterocycles. The minimum Gasteiger partial charge on any atom is -0.393 e. The third-order valence-electron chi connectivity index (χ3n) is 3.62. The van der Waals surface area contributed by atoms with E-state index in [-0.39, 0.29) is 12.0 Å². The van der Waals surface area contributed by atoms with Gasteiger partial charge in [0.15, 0.2) is 0 Å². The van der Waals surface area contributed by atoms with Gasteiger partial charge in [-0.2, -0.15) is 0 Å². The average molecular weight is 256 g/mol. The number of nitrogens with one attached hydrogen (secondary N) is 1. The molecule has 1 amide bonds. The zero-order valence-electron chi connectivity index (χ0n) is 11.8. The normalized spacial score (nSPS) is 18.9. The second kappa shape index (κ2) is 8.48. The van der Waals surface area contributed by atoms with Gasteiger partial charge < -0.3 is 15.3 Å². The Labute approximate surface area is 111 Å². The van der Waals surface area contributed by atoms with Crippen LogP contribution in [0.2, 0.25) is 0 Å². The molecular formula is C14H28N2O2. The van der Waals surface area contributed by atoms with Crippen molar-refractivity contribution in [2.24, 2.45) is 0 Å². The second-order valence-electron chi connectivity index (χ2n) is 5.59. The first kappa shape index (κ1) is 15.4. The fourth-order valence-corrected chi connectivity index (χ4v) is 2.36. The maximum Gasteiger partial charge on any atom is 0.221 e. The summed E-state index contributed by atoms with van der Waals surface area (Å²) in [6, 6.07) is 0.411. The summed E-state index contributed by atoms with van der Waals surface area (Å²) in [6.07, 6.45) is 7.16. The Morgan fingerprint density at radius 3 is 2.61 bits per heavy atom. The summed E-state index contributed by atoms with van der Waals surface area (Å²) in [5.41, 5.74) is 0. The van der Waals surface area contributed by atoms with Crippen LogP contribution in [-0.2, 0) is 4.79 Å². The van der Waals surface area contributed by atoms with Gasteiger partial charge in [0, 0.05) is 25.6 Å². The molecule has 1 aliphatic rings. The van der Waals surface area contributed by atoms with Crippen LogP contribution in [0.5, 0.6) is 0 Å². The Bertz CT molecular complexity index is 238. The number of hydrogen-bond acceptors (Lipinski definition) is 3. The lowest BCUT2D eigenvalue weighted by molar-refractivity contribution is -0.122. The van der Waals surface area contributed by atoms with Crippen LogP contribution in [0.25, 0.3) is 0 Å². The van der Waals surface area contributed by atoms with Crippen molar-refractivity contribution in [3.05, 3.63) is 0 Å².